The molecule has 0 aliphatic carbocycles. The van der Waals surface area contributed by atoms with E-state index in [4.69, 9.17) is 5.73 Å². The van der Waals surface area contributed by atoms with Gasteiger partial charge in [-0.1, -0.05) is 56.3 Å². The maximum atomic E-state index is 12.2. The summed E-state index contributed by atoms with van der Waals surface area (Å²) in [6, 6.07) is 14.9. The molecule has 24 heavy (non-hydrogen) atoms. The molecule has 132 valence electrons. The van der Waals surface area contributed by atoms with Crippen LogP contribution in [-0.4, -0.2) is 30.4 Å². The normalized spacial score (nSPS) is 12.0. The molecule has 2 aromatic rings. The molecule has 2 rings (SSSR count). The summed E-state index contributed by atoms with van der Waals surface area (Å²) >= 11 is 0. The van der Waals surface area contributed by atoms with E-state index in [0.29, 0.717) is 12.3 Å². The van der Waals surface area contributed by atoms with Gasteiger partial charge in [-0.2, -0.15) is 0 Å². The molecule has 2 N–H and O–H groups in total. The summed E-state index contributed by atoms with van der Waals surface area (Å²) in [5, 5.41) is 2.47. The van der Waals surface area contributed by atoms with Crippen molar-refractivity contribution in [2.45, 2.75) is 39.2 Å². The van der Waals surface area contributed by atoms with Crippen molar-refractivity contribution in [2.24, 2.45) is 11.7 Å². The van der Waals surface area contributed by atoms with Gasteiger partial charge in [0.1, 0.15) is 0 Å². The molecule has 1 unspecified atom stereocenters. The van der Waals surface area contributed by atoms with Gasteiger partial charge in [-0.25, -0.2) is 0 Å². The second-order valence-electron chi connectivity index (χ2n) is 6.69. The first-order valence-electron chi connectivity index (χ1n) is 8.44. The molecular weight excluding hydrogens is 320 g/mol. The van der Waals surface area contributed by atoms with Gasteiger partial charge >= 0.3 is 0 Å². The van der Waals surface area contributed by atoms with Gasteiger partial charge in [0.2, 0.25) is 5.91 Å². The van der Waals surface area contributed by atoms with E-state index < -0.39 is 0 Å². The first kappa shape index (κ1) is 20.5. The smallest absolute Gasteiger partial charge is 0.222 e. The average Bonchev–Trinajstić information content (AvgIpc) is 2.56. The number of benzene rings is 2. The molecule has 1 amide bonds. The SMILES string of the molecule is CC(C)C(N)CCN(C)C(=O)CCc1ccc2ccccc2c1.Cl. The van der Waals surface area contributed by atoms with E-state index >= 15 is 0 Å². The van der Waals surface area contributed by atoms with Crippen LogP contribution in [0.4, 0.5) is 0 Å². The number of halogens is 1. The lowest BCUT2D eigenvalue weighted by molar-refractivity contribution is -0.129. The molecule has 0 saturated carbocycles. The van der Waals surface area contributed by atoms with Crippen LogP contribution in [0, 0.1) is 5.92 Å². The molecule has 1 atom stereocenters. The summed E-state index contributed by atoms with van der Waals surface area (Å²) in [6.07, 6.45) is 2.19. The van der Waals surface area contributed by atoms with Crippen LogP contribution in [0.2, 0.25) is 0 Å². The number of aryl methyl sites for hydroxylation is 1. The van der Waals surface area contributed by atoms with Gasteiger partial charge in [-0.05, 0) is 35.1 Å². The number of nitrogens with zero attached hydrogens (tertiary/aromatic N) is 1. The Bertz CT molecular complexity index is 657. The molecular formula is C20H29ClN2O. The van der Waals surface area contributed by atoms with Crippen molar-refractivity contribution in [3.63, 3.8) is 0 Å². The molecule has 0 radical (unpaired) electrons. The molecule has 0 fully saturated rings. The second-order valence-corrected chi connectivity index (χ2v) is 6.69. The zero-order chi connectivity index (χ0) is 16.8. The van der Waals surface area contributed by atoms with Crippen LogP contribution in [0.25, 0.3) is 10.8 Å². The van der Waals surface area contributed by atoms with Crippen LogP contribution in [0.5, 0.6) is 0 Å². The molecule has 0 saturated heterocycles. The number of amides is 1. The van der Waals surface area contributed by atoms with Crippen LogP contribution < -0.4 is 5.73 Å². The molecule has 2 aromatic carbocycles. The lowest BCUT2D eigenvalue weighted by atomic mass is 10.0. The Hall–Kier alpha value is -1.58. The van der Waals surface area contributed by atoms with E-state index in [0.717, 1.165) is 19.4 Å². The summed E-state index contributed by atoms with van der Waals surface area (Å²) in [4.78, 5) is 14.1. The quantitative estimate of drug-likeness (QED) is 0.821. The zero-order valence-electron chi connectivity index (χ0n) is 14.9. The van der Waals surface area contributed by atoms with Gasteiger partial charge in [0.25, 0.3) is 0 Å². The summed E-state index contributed by atoms with van der Waals surface area (Å²) in [5.41, 5.74) is 7.26. The average molecular weight is 349 g/mol. The topological polar surface area (TPSA) is 46.3 Å². The standard InChI is InChI=1S/C20H28N2O.ClH/c1-15(2)19(21)12-13-22(3)20(23)11-9-16-8-10-17-6-4-5-7-18(17)14-16;/h4-8,10,14-15,19H,9,11-13,21H2,1-3H3;1H. The summed E-state index contributed by atoms with van der Waals surface area (Å²) in [5.74, 6) is 0.644. The Morgan fingerprint density at radius 2 is 1.79 bits per heavy atom. The van der Waals surface area contributed by atoms with E-state index in [9.17, 15) is 4.79 Å². The van der Waals surface area contributed by atoms with Crippen molar-refractivity contribution in [2.75, 3.05) is 13.6 Å². The van der Waals surface area contributed by atoms with Gasteiger partial charge in [0.05, 0.1) is 0 Å². The number of fused-ring (bicyclic) bond motifs is 1. The lowest BCUT2D eigenvalue weighted by Gasteiger charge is -2.21. The molecule has 0 aromatic heterocycles. The van der Waals surface area contributed by atoms with E-state index in [-0.39, 0.29) is 24.4 Å². The highest BCUT2D eigenvalue weighted by molar-refractivity contribution is 5.85. The van der Waals surface area contributed by atoms with Gasteiger partial charge in [0.15, 0.2) is 0 Å². The molecule has 3 nitrogen and oxygen atoms in total. The Balaban J connectivity index is 0.00000288. The van der Waals surface area contributed by atoms with Crippen molar-refractivity contribution in [3.05, 3.63) is 48.0 Å². The maximum Gasteiger partial charge on any atom is 0.222 e. The number of carbonyl (C=O) groups excluding carboxylic acids is 1. The van der Waals surface area contributed by atoms with E-state index in [1.807, 2.05) is 24.1 Å². The summed E-state index contributed by atoms with van der Waals surface area (Å²) < 4.78 is 0. The predicted molar refractivity (Wildman–Crippen MR) is 105 cm³/mol. The largest absolute Gasteiger partial charge is 0.346 e. The van der Waals surface area contributed by atoms with Gasteiger partial charge in [-0.15, -0.1) is 12.4 Å². The molecule has 4 heteroatoms. The maximum absolute atomic E-state index is 12.2. The number of rotatable bonds is 7. The molecule has 0 spiro atoms. The molecule has 0 aliphatic heterocycles. The van der Waals surface area contributed by atoms with E-state index in [1.54, 1.807) is 0 Å². The van der Waals surface area contributed by atoms with Crippen LogP contribution in [0.15, 0.2) is 42.5 Å². The van der Waals surface area contributed by atoms with Crippen molar-refractivity contribution in [1.29, 1.82) is 0 Å². The van der Waals surface area contributed by atoms with Crippen LogP contribution >= 0.6 is 12.4 Å². The van der Waals surface area contributed by atoms with Crippen molar-refractivity contribution in [3.8, 4) is 0 Å². The molecule has 0 aliphatic rings. The van der Waals surface area contributed by atoms with Gasteiger partial charge in [-0.3, -0.25) is 4.79 Å². The van der Waals surface area contributed by atoms with Crippen molar-refractivity contribution >= 4 is 29.1 Å². The third-order valence-corrected chi connectivity index (χ3v) is 4.52. The van der Waals surface area contributed by atoms with Crippen LogP contribution in [0.3, 0.4) is 0 Å². The number of carbonyl (C=O) groups is 1. The first-order chi connectivity index (χ1) is 11.0. The van der Waals surface area contributed by atoms with E-state index in [1.165, 1.54) is 16.3 Å². The van der Waals surface area contributed by atoms with Crippen LogP contribution in [0.1, 0.15) is 32.3 Å². The van der Waals surface area contributed by atoms with Crippen molar-refractivity contribution < 1.29 is 4.79 Å². The highest BCUT2D eigenvalue weighted by atomic mass is 35.5. The minimum Gasteiger partial charge on any atom is -0.346 e. The Labute approximate surface area is 151 Å². The minimum absolute atomic E-state index is 0. The second kappa shape index (κ2) is 9.65. The van der Waals surface area contributed by atoms with E-state index in [2.05, 4.69) is 44.2 Å². The third kappa shape index (κ3) is 5.81. The Morgan fingerprint density at radius 3 is 2.46 bits per heavy atom. The fourth-order valence-electron chi connectivity index (χ4n) is 2.64. The third-order valence-electron chi connectivity index (χ3n) is 4.52. The van der Waals surface area contributed by atoms with Gasteiger partial charge in [0, 0.05) is 26.1 Å². The monoisotopic (exact) mass is 348 g/mol. The predicted octanol–water partition coefficient (Wildman–Crippen LogP) is 4.03. The fourth-order valence-corrected chi connectivity index (χ4v) is 2.64. The highest BCUT2D eigenvalue weighted by Gasteiger charge is 2.12. The Kier molecular flexibility index (Phi) is 8.23. The number of hydrogen-bond acceptors (Lipinski definition) is 2. The molecule has 0 heterocycles. The fraction of sp³-hybridized carbons (Fsp3) is 0.450. The number of hydrogen-bond donors (Lipinski definition) is 1. The number of nitrogens with two attached hydrogens (primary N) is 1. The first-order valence-corrected chi connectivity index (χ1v) is 8.44. The summed E-state index contributed by atoms with van der Waals surface area (Å²) in [7, 11) is 1.87. The minimum atomic E-state index is 0. The summed E-state index contributed by atoms with van der Waals surface area (Å²) in [6.45, 7) is 4.97. The zero-order valence-corrected chi connectivity index (χ0v) is 15.7. The van der Waals surface area contributed by atoms with Gasteiger partial charge < -0.3 is 10.6 Å². The van der Waals surface area contributed by atoms with Crippen LogP contribution in [-0.2, 0) is 11.2 Å². The lowest BCUT2D eigenvalue weighted by Crippen LogP contribution is -2.34. The highest BCUT2D eigenvalue weighted by Crippen LogP contribution is 2.17. The molecule has 0 bridgehead atoms. The van der Waals surface area contributed by atoms with Crippen molar-refractivity contribution in [1.82, 2.24) is 4.90 Å². The Morgan fingerprint density at radius 1 is 1.12 bits per heavy atom.